The van der Waals surface area contributed by atoms with E-state index in [0.717, 1.165) is 5.39 Å². The van der Waals surface area contributed by atoms with Gasteiger partial charge in [0.15, 0.2) is 11.4 Å². The van der Waals surface area contributed by atoms with Crippen molar-refractivity contribution in [2.24, 2.45) is 0 Å². The average molecular weight is 372 g/mol. The first-order chi connectivity index (χ1) is 12.7. The van der Waals surface area contributed by atoms with Crippen LogP contribution in [0, 0.1) is 0 Å². The lowest BCUT2D eigenvalue weighted by molar-refractivity contribution is -0.218. The second-order valence-corrected chi connectivity index (χ2v) is 7.98. The Labute approximate surface area is 157 Å². The van der Waals surface area contributed by atoms with Crippen molar-refractivity contribution in [1.82, 2.24) is 0 Å². The Balaban J connectivity index is 2.12. The van der Waals surface area contributed by atoms with Gasteiger partial charge in [0.1, 0.15) is 17.1 Å². The van der Waals surface area contributed by atoms with Crippen molar-refractivity contribution >= 4 is 16.6 Å². The van der Waals surface area contributed by atoms with Crippen molar-refractivity contribution in [2.75, 3.05) is 14.2 Å². The van der Waals surface area contributed by atoms with Gasteiger partial charge in [0.25, 0.3) is 0 Å². The van der Waals surface area contributed by atoms with Crippen LogP contribution in [-0.2, 0) is 16.8 Å². The lowest BCUT2D eigenvalue weighted by Gasteiger charge is -2.53. The van der Waals surface area contributed by atoms with E-state index >= 15 is 0 Å². The van der Waals surface area contributed by atoms with Crippen LogP contribution in [-0.4, -0.2) is 46.5 Å². The summed E-state index contributed by atoms with van der Waals surface area (Å²) < 4.78 is 11.3. The summed E-state index contributed by atoms with van der Waals surface area (Å²) in [5.41, 5.74) is -4.39. The molecule has 0 bridgehead atoms. The Morgan fingerprint density at radius 1 is 1.00 bits per heavy atom. The van der Waals surface area contributed by atoms with Gasteiger partial charge in [-0.25, -0.2) is 0 Å². The lowest BCUT2D eigenvalue weighted by atomic mass is 9.57. The third-order valence-corrected chi connectivity index (χ3v) is 6.07. The molecule has 2 aromatic rings. The number of rotatable bonds is 2. The molecule has 1 saturated carbocycles. The fraction of sp³-hybridized carbons (Fsp3) is 0.476. The zero-order valence-corrected chi connectivity index (χ0v) is 15.7. The van der Waals surface area contributed by atoms with Crippen molar-refractivity contribution in [3.8, 4) is 11.5 Å². The summed E-state index contributed by atoms with van der Waals surface area (Å²) in [5.74, 6) is 0.316. The second kappa shape index (κ2) is 5.67. The number of carbonyl (C=O) groups excluding carboxylic acids is 1. The molecule has 27 heavy (non-hydrogen) atoms. The van der Waals surface area contributed by atoms with Crippen molar-refractivity contribution in [1.29, 1.82) is 0 Å². The van der Waals surface area contributed by atoms with Crippen LogP contribution < -0.4 is 9.47 Å². The molecule has 0 aromatic heterocycles. The van der Waals surface area contributed by atoms with E-state index < -0.39 is 22.6 Å². The van der Waals surface area contributed by atoms with Gasteiger partial charge in [-0.05, 0) is 19.8 Å². The Hall–Kier alpha value is -2.15. The zero-order chi connectivity index (χ0) is 19.6. The molecule has 0 heterocycles. The Morgan fingerprint density at radius 2 is 1.59 bits per heavy atom. The van der Waals surface area contributed by atoms with Crippen LogP contribution in [0.4, 0.5) is 0 Å². The maximum Gasteiger partial charge on any atom is 0.180 e. The smallest absolute Gasteiger partial charge is 0.180 e. The number of carbonyl (C=O) groups is 1. The monoisotopic (exact) mass is 372 g/mol. The molecular formula is C21H24O6. The topological polar surface area (TPSA) is 96.2 Å². The lowest BCUT2D eigenvalue weighted by Crippen LogP contribution is -2.66. The highest BCUT2D eigenvalue weighted by atomic mass is 16.5. The molecule has 144 valence electrons. The van der Waals surface area contributed by atoms with Crippen LogP contribution in [0.2, 0.25) is 0 Å². The number of ketones is 1. The Morgan fingerprint density at radius 3 is 2.19 bits per heavy atom. The summed E-state index contributed by atoms with van der Waals surface area (Å²) >= 11 is 0. The zero-order valence-electron chi connectivity index (χ0n) is 15.7. The Bertz CT molecular complexity index is 949. The SMILES string of the molecule is COc1c2c(c(OC)c3ccccc13)[C@@]1(O)C(=O)CC(C)(O)C[C@@]1(O)CC2. The predicted octanol–water partition coefficient (Wildman–Crippen LogP) is 1.84. The van der Waals surface area contributed by atoms with E-state index in [-0.39, 0.29) is 24.8 Å². The van der Waals surface area contributed by atoms with Crippen LogP contribution in [0.3, 0.4) is 0 Å². The van der Waals surface area contributed by atoms with Crippen molar-refractivity contribution < 1.29 is 29.6 Å². The average Bonchev–Trinajstić information content (AvgIpc) is 2.61. The van der Waals surface area contributed by atoms with E-state index in [2.05, 4.69) is 0 Å². The molecule has 0 aliphatic heterocycles. The van der Waals surface area contributed by atoms with Gasteiger partial charge in [0, 0.05) is 34.7 Å². The number of benzene rings is 2. The minimum Gasteiger partial charge on any atom is -0.496 e. The fourth-order valence-electron chi connectivity index (χ4n) is 5.02. The Kier molecular flexibility index (Phi) is 3.83. The van der Waals surface area contributed by atoms with Gasteiger partial charge in [0.2, 0.25) is 0 Å². The summed E-state index contributed by atoms with van der Waals surface area (Å²) in [6.45, 7) is 1.51. The number of hydrogen-bond donors (Lipinski definition) is 3. The highest BCUT2D eigenvalue weighted by Gasteiger charge is 2.65. The molecule has 1 fully saturated rings. The van der Waals surface area contributed by atoms with Crippen LogP contribution in [0.25, 0.3) is 10.8 Å². The van der Waals surface area contributed by atoms with E-state index in [1.54, 1.807) is 7.11 Å². The van der Waals surface area contributed by atoms with Crippen LogP contribution >= 0.6 is 0 Å². The van der Waals surface area contributed by atoms with Crippen LogP contribution in [0.1, 0.15) is 37.3 Å². The molecule has 6 heteroatoms. The summed E-state index contributed by atoms with van der Waals surface area (Å²) in [5, 5.41) is 35.0. The first-order valence-corrected chi connectivity index (χ1v) is 9.05. The second-order valence-electron chi connectivity index (χ2n) is 7.98. The highest BCUT2D eigenvalue weighted by Crippen LogP contribution is 2.57. The molecule has 3 atom stereocenters. The largest absolute Gasteiger partial charge is 0.496 e. The molecule has 1 unspecified atom stereocenters. The van der Waals surface area contributed by atoms with Crippen LogP contribution in [0.5, 0.6) is 11.5 Å². The third kappa shape index (κ3) is 2.27. The maximum atomic E-state index is 13.1. The summed E-state index contributed by atoms with van der Waals surface area (Å²) in [6, 6.07) is 7.45. The van der Waals surface area contributed by atoms with E-state index in [1.165, 1.54) is 14.0 Å². The minimum absolute atomic E-state index is 0.0972. The van der Waals surface area contributed by atoms with Gasteiger partial charge in [-0.15, -0.1) is 0 Å². The fourth-order valence-corrected chi connectivity index (χ4v) is 5.02. The van der Waals surface area contributed by atoms with Gasteiger partial charge in [0.05, 0.1) is 19.8 Å². The van der Waals surface area contributed by atoms with Gasteiger partial charge in [-0.3, -0.25) is 4.79 Å². The van der Waals surface area contributed by atoms with Gasteiger partial charge in [-0.1, -0.05) is 24.3 Å². The normalized spacial score (nSPS) is 32.7. The van der Waals surface area contributed by atoms with Crippen molar-refractivity contribution in [3.63, 3.8) is 0 Å². The maximum absolute atomic E-state index is 13.1. The molecule has 2 aromatic carbocycles. The molecule has 2 aliphatic rings. The van der Waals surface area contributed by atoms with Gasteiger partial charge >= 0.3 is 0 Å². The van der Waals surface area contributed by atoms with Crippen LogP contribution in [0.15, 0.2) is 24.3 Å². The molecule has 3 N–H and O–H groups in total. The number of hydrogen-bond acceptors (Lipinski definition) is 6. The molecule has 4 rings (SSSR count). The third-order valence-electron chi connectivity index (χ3n) is 6.07. The molecule has 0 radical (unpaired) electrons. The highest BCUT2D eigenvalue weighted by molar-refractivity contribution is 6.01. The number of Topliss-reactive ketones (excluding diaryl/α,β-unsaturated/α-hetero) is 1. The summed E-state index contributed by atoms with van der Waals surface area (Å²) in [7, 11) is 3.03. The summed E-state index contributed by atoms with van der Waals surface area (Å²) in [4.78, 5) is 13.1. The van der Waals surface area contributed by atoms with E-state index in [9.17, 15) is 20.1 Å². The molecule has 2 aliphatic carbocycles. The molecule has 0 spiro atoms. The first kappa shape index (κ1) is 18.2. The number of methoxy groups -OCH3 is 2. The quantitative estimate of drug-likeness (QED) is 0.744. The van der Waals surface area contributed by atoms with E-state index in [1.807, 2.05) is 24.3 Å². The summed E-state index contributed by atoms with van der Waals surface area (Å²) in [6.07, 6.45) is 0.182. The standard InChI is InChI=1S/C21H24O6/c1-19(23)10-15(22)21(25)16-14(8-9-20(21,24)11-19)17(26-2)12-6-4-5-7-13(12)18(16)27-3/h4-7,23-25H,8-11H2,1-3H3/t19?,20-,21-/m0/s1. The number of ether oxygens (including phenoxy) is 2. The van der Waals surface area contributed by atoms with E-state index in [0.29, 0.717) is 28.9 Å². The first-order valence-electron chi connectivity index (χ1n) is 9.05. The molecular weight excluding hydrogens is 348 g/mol. The predicted molar refractivity (Wildman–Crippen MR) is 99.1 cm³/mol. The van der Waals surface area contributed by atoms with Gasteiger partial charge in [-0.2, -0.15) is 0 Å². The van der Waals surface area contributed by atoms with Crippen molar-refractivity contribution in [3.05, 3.63) is 35.4 Å². The van der Waals surface area contributed by atoms with E-state index in [4.69, 9.17) is 9.47 Å². The van der Waals surface area contributed by atoms with Gasteiger partial charge < -0.3 is 24.8 Å². The molecule has 0 saturated heterocycles. The molecule has 0 amide bonds. The minimum atomic E-state index is -2.16. The molecule has 6 nitrogen and oxygen atoms in total. The van der Waals surface area contributed by atoms with Crippen molar-refractivity contribution in [2.45, 2.75) is 49.4 Å². The number of fused-ring (bicyclic) bond motifs is 4. The number of aliphatic hydroxyl groups is 3.